The Morgan fingerprint density at radius 3 is 1.30 bits per heavy atom. The molecule has 14 atom stereocenters. The highest BCUT2D eigenvalue weighted by Gasteiger charge is 2.64. The first-order chi connectivity index (χ1) is 25.3. The third-order valence-corrected chi connectivity index (χ3v) is 17.4. The Bertz CT molecular complexity index is 1570. The molecule has 0 aliphatic heterocycles. The Labute approximate surface area is 322 Å². The summed E-state index contributed by atoms with van der Waals surface area (Å²) >= 11 is 0. The maximum atomic E-state index is 13.0. The van der Waals surface area contributed by atoms with E-state index < -0.39 is 0 Å². The molecule has 0 spiro atoms. The molecule has 0 unspecified atom stereocenters. The number of Topliss-reactive ketones (excluding diaryl/α,β-unsaturated/α-hetero) is 2. The van der Waals surface area contributed by atoms with Gasteiger partial charge in [0.25, 0.3) is 0 Å². The van der Waals surface area contributed by atoms with Gasteiger partial charge in [-0.1, -0.05) is 38.8 Å². The van der Waals surface area contributed by atoms with E-state index in [1.165, 1.54) is 25.0 Å². The van der Waals surface area contributed by atoms with Crippen LogP contribution in [0.15, 0.2) is 23.3 Å². The summed E-state index contributed by atoms with van der Waals surface area (Å²) < 4.78 is 10.9. The van der Waals surface area contributed by atoms with E-state index in [2.05, 4.69) is 27.7 Å². The molecular formula is C46H64O8. The van der Waals surface area contributed by atoms with Crippen LogP contribution in [0, 0.1) is 69.0 Å². The van der Waals surface area contributed by atoms with E-state index in [0.717, 1.165) is 64.2 Å². The van der Waals surface area contributed by atoms with Gasteiger partial charge in [-0.15, -0.1) is 0 Å². The molecule has 0 radical (unpaired) electrons. The molecule has 8 rings (SSSR count). The molecule has 8 heteroatoms. The molecule has 6 fully saturated rings. The maximum Gasteiger partial charge on any atom is 0.302 e. The third kappa shape index (κ3) is 6.22. The minimum absolute atomic E-state index is 0.0742. The number of esters is 2. The number of ketones is 4. The van der Waals surface area contributed by atoms with E-state index in [1.807, 2.05) is 26.0 Å². The summed E-state index contributed by atoms with van der Waals surface area (Å²) in [4.78, 5) is 72.8. The Hall–Kier alpha value is -2.90. The zero-order valence-corrected chi connectivity index (χ0v) is 34.1. The number of ether oxygens (including phenoxy) is 2. The molecule has 0 bridgehead atoms. The topological polar surface area (TPSA) is 121 Å². The van der Waals surface area contributed by atoms with Crippen molar-refractivity contribution in [1.29, 1.82) is 0 Å². The van der Waals surface area contributed by atoms with Gasteiger partial charge in [-0.3, -0.25) is 28.8 Å². The summed E-state index contributed by atoms with van der Waals surface area (Å²) in [7, 11) is 0. The fourth-order valence-electron chi connectivity index (χ4n) is 15.0. The predicted octanol–water partition coefficient (Wildman–Crippen LogP) is 8.53. The van der Waals surface area contributed by atoms with Crippen molar-refractivity contribution in [3.05, 3.63) is 23.3 Å². The number of hydrogen-bond donors (Lipinski definition) is 0. The lowest BCUT2D eigenvalue weighted by Crippen LogP contribution is -2.51. The summed E-state index contributed by atoms with van der Waals surface area (Å²) in [6, 6.07) is 0. The minimum Gasteiger partial charge on any atom is -0.462 e. The first kappa shape index (κ1) is 39.3. The highest BCUT2D eigenvalue weighted by atomic mass is 16.5. The van der Waals surface area contributed by atoms with Crippen LogP contribution < -0.4 is 0 Å². The van der Waals surface area contributed by atoms with Gasteiger partial charge in [0.05, 0.1) is 11.8 Å². The van der Waals surface area contributed by atoms with E-state index in [1.54, 1.807) is 0 Å². The molecule has 0 aromatic carbocycles. The molecule has 0 amide bonds. The van der Waals surface area contributed by atoms with Crippen LogP contribution in [0.5, 0.6) is 0 Å². The summed E-state index contributed by atoms with van der Waals surface area (Å²) in [5.41, 5.74) is 2.82. The van der Waals surface area contributed by atoms with Crippen molar-refractivity contribution in [2.75, 3.05) is 0 Å². The van der Waals surface area contributed by atoms with Gasteiger partial charge in [0.1, 0.15) is 23.8 Å². The highest BCUT2D eigenvalue weighted by molar-refractivity contribution is 5.92. The van der Waals surface area contributed by atoms with Gasteiger partial charge in [-0.25, -0.2) is 0 Å². The van der Waals surface area contributed by atoms with Crippen molar-refractivity contribution < 1.29 is 38.2 Å². The van der Waals surface area contributed by atoms with Crippen molar-refractivity contribution in [2.24, 2.45) is 69.0 Å². The Morgan fingerprint density at radius 2 is 0.944 bits per heavy atom. The second-order valence-electron chi connectivity index (χ2n) is 20.0. The lowest BCUT2D eigenvalue weighted by atomic mass is 9.46. The number of allylic oxidation sites excluding steroid dienone is 2. The summed E-state index contributed by atoms with van der Waals surface area (Å²) in [6.07, 6.45) is 16.1. The lowest BCUT2D eigenvalue weighted by Gasteiger charge is -2.58. The summed E-state index contributed by atoms with van der Waals surface area (Å²) in [5.74, 6) is 3.14. The molecule has 54 heavy (non-hydrogen) atoms. The minimum atomic E-state index is -0.344. The molecule has 296 valence electrons. The predicted molar refractivity (Wildman–Crippen MR) is 204 cm³/mol. The second kappa shape index (κ2) is 13.9. The molecule has 0 saturated heterocycles. The molecule has 6 saturated carbocycles. The number of carbonyl (C=O) groups is 6. The Balaban J connectivity index is 0.000000167. The van der Waals surface area contributed by atoms with Crippen LogP contribution in [0.25, 0.3) is 0 Å². The van der Waals surface area contributed by atoms with E-state index in [9.17, 15) is 28.8 Å². The van der Waals surface area contributed by atoms with Crippen LogP contribution in [0.1, 0.15) is 145 Å². The van der Waals surface area contributed by atoms with Crippen molar-refractivity contribution in [3.8, 4) is 0 Å². The van der Waals surface area contributed by atoms with Gasteiger partial charge in [-0.05, 0) is 147 Å². The molecule has 0 N–H and O–H groups in total. The van der Waals surface area contributed by atoms with Crippen LogP contribution in [-0.2, 0) is 38.2 Å². The maximum absolute atomic E-state index is 13.0. The Kier molecular flexibility index (Phi) is 10.2. The van der Waals surface area contributed by atoms with Gasteiger partial charge in [-0.2, -0.15) is 0 Å². The number of fused-ring (bicyclic) bond motifs is 10. The molecule has 0 aromatic heterocycles. The average Bonchev–Trinajstić information content (AvgIpc) is 3.52. The van der Waals surface area contributed by atoms with Crippen LogP contribution in [0.3, 0.4) is 0 Å². The SMILES string of the molecule is CC(=O)O[C@H](C)[C@H]1C(=O)C[C@H]2[C@@H]3CCC4=CC(=O)CC[C@]4(C)[C@H]3CC[C@]12C.CC(=O)O[C@H](C)[C@H]1C(=O)C[C@H]2[C@@H]3CCC4=CC(=O)CC[C@]4(C)[C@H]3CC[C@]12C. The quantitative estimate of drug-likeness (QED) is 0.263. The largest absolute Gasteiger partial charge is 0.462 e. The van der Waals surface area contributed by atoms with Gasteiger partial charge < -0.3 is 9.47 Å². The van der Waals surface area contributed by atoms with Gasteiger partial charge in [0.2, 0.25) is 0 Å². The van der Waals surface area contributed by atoms with E-state index in [4.69, 9.17) is 9.47 Å². The van der Waals surface area contributed by atoms with Crippen LogP contribution in [0.2, 0.25) is 0 Å². The smallest absolute Gasteiger partial charge is 0.302 e. The molecule has 8 aliphatic rings. The molecular weight excluding hydrogens is 680 g/mol. The fraction of sp³-hybridized carbons (Fsp3) is 0.783. The molecule has 0 heterocycles. The van der Waals surface area contributed by atoms with Crippen molar-refractivity contribution in [3.63, 3.8) is 0 Å². The average molecular weight is 745 g/mol. The highest BCUT2D eigenvalue weighted by Crippen LogP contribution is 2.68. The van der Waals surface area contributed by atoms with Crippen LogP contribution in [-0.4, -0.2) is 47.3 Å². The first-order valence-electron chi connectivity index (χ1n) is 21.2. The van der Waals surface area contributed by atoms with Crippen LogP contribution in [0.4, 0.5) is 0 Å². The fourth-order valence-corrected chi connectivity index (χ4v) is 15.0. The van der Waals surface area contributed by atoms with Crippen LogP contribution >= 0.6 is 0 Å². The Morgan fingerprint density at radius 1 is 0.574 bits per heavy atom. The van der Waals surface area contributed by atoms with Crippen molar-refractivity contribution in [2.45, 2.75) is 157 Å². The standard InChI is InChI=1S/2C23H32O4/c2*1-13(27-14(2)24)21-20(26)12-19-17-6-5-15-11-16(25)7-9-22(15,3)18(17)8-10-23(19,21)4/h2*11,13,17-19,21H,5-10,12H2,1-4H3/t2*13-,17-,18+,19+,21+,22+,23+/m11/s1. The summed E-state index contributed by atoms with van der Waals surface area (Å²) in [6.45, 7) is 15.9. The lowest BCUT2D eigenvalue weighted by molar-refractivity contribution is -0.156. The molecule has 0 aromatic rings. The third-order valence-electron chi connectivity index (χ3n) is 17.4. The van der Waals surface area contributed by atoms with Gasteiger partial charge in [0, 0.05) is 39.5 Å². The van der Waals surface area contributed by atoms with E-state index in [-0.39, 0.29) is 80.8 Å². The molecule has 8 aliphatic carbocycles. The number of carbonyl (C=O) groups excluding carboxylic acids is 6. The van der Waals surface area contributed by atoms with Gasteiger partial charge >= 0.3 is 11.9 Å². The van der Waals surface area contributed by atoms with Gasteiger partial charge in [0.15, 0.2) is 11.6 Å². The number of rotatable bonds is 4. The van der Waals surface area contributed by atoms with Crippen molar-refractivity contribution in [1.82, 2.24) is 0 Å². The number of hydrogen-bond acceptors (Lipinski definition) is 8. The van der Waals surface area contributed by atoms with E-state index in [0.29, 0.717) is 61.2 Å². The second-order valence-corrected chi connectivity index (χ2v) is 20.0. The molecule has 8 nitrogen and oxygen atoms in total. The van der Waals surface area contributed by atoms with Crippen molar-refractivity contribution >= 4 is 35.1 Å². The summed E-state index contributed by atoms with van der Waals surface area (Å²) in [5, 5.41) is 0. The zero-order chi connectivity index (χ0) is 39.1. The first-order valence-corrected chi connectivity index (χ1v) is 21.2. The normalized spacial score (nSPS) is 44.7. The monoisotopic (exact) mass is 744 g/mol. The van der Waals surface area contributed by atoms with E-state index >= 15 is 0 Å². The zero-order valence-electron chi connectivity index (χ0n) is 34.1.